The summed E-state index contributed by atoms with van der Waals surface area (Å²) in [6, 6.07) is 6.57. The molecule has 16 heavy (non-hydrogen) atoms. The van der Waals surface area contributed by atoms with Gasteiger partial charge < -0.3 is 9.72 Å². The first kappa shape index (κ1) is 10.6. The Balaban J connectivity index is 2.80. The van der Waals surface area contributed by atoms with Crippen LogP contribution in [0.4, 0.5) is 0 Å². The maximum Gasteiger partial charge on any atom is 0.248 e. The van der Waals surface area contributed by atoms with Crippen LogP contribution in [0.15, 0.2) is 29.1 Å². The summed E-state index contributed by atoms with van der Waals surface area (Å²) in [6.45, 7) is 0.398. The van der Waals surface area contributed by atoms with Crippen LogP contribution in [0, 0.1) is 0 Å². The Labute approximate surface area is 91.9 Å². The number of hydrogen-bond acceptors (Lipinski definition) is 3. The predicted molar refractivity (Wildman–Crippen MR) is 60.7 cm³/mol. The van der Waals surface area contributed by atoms with E-state index in [2.05, 4.69) is 4.98 Å². The predicted octanol–water partition coefficient (Wildman–Crippen LogP) is 1.49. The van der Waals surface area contributed by atoms with Gasteiger partial charge in [0.05, 0.1) is 12.1 Å². The summed E-state index contributed by atoms with van der Waals surface area (Å²) in [7, 11) is 1.58. The number of benzene rings is 1. The second kappa shape index (κ2) is 4.28. The monoisotopic (exact) mass is 217 g/mol. The molecule has 0 amide bonds. The molecule has 0 radical (unpaired) electrons. The van der Waals surface area contributed by atoms with Gasteiger partial charge in [-0.25, -0.2) is 0 Å². The molecule has 1 N–H and O–H groups in total. The van der Waals surface area contributed by atoms with Gasteiger partial charge in [0.25, 0.3) is 0 Å². The molecule has 4 nitrogen and oxygen atoms in total. The average molecular weight is 217 g/mol. The summed E-state index contributed by atoms with van der Waals surface area (Å²) in [4.78, 5) is 24.8. The number of pyridine rings is 1. The smallest absolute Gasteiger partial charge is 0.248 e. The van der Waals surface area contributed by atoms with E-state index in [1.807, 2.05) is 0 Å². The summed E-state index contributed by atoms with van der Waals surface area (Å²) in [5, 5.41) is 0.740. The third kappa shape index (κ3) is 1.75. The molecule has 2 aromatic rings. The lowest BCUT2D eigenvalue weighted by atomic mass is 10.1. The lowest BCUT2D eigenvalue weighted by molar-refractivity contribution is 0.112. The first-order valence-corrected chi connectivity index (χ1v) is 4.85. The highest BCUT2D eigenvalue weighted by atomic mass is 16.5. The summed E-state index contributed by atoms with van der Waals surface area (Å²) < 4.78 is 5.04. The fraction of sp³-hybridized carbons (Fsp3) is 0.167. The van der Waals surface area contributed by atoms with E-state index in [0.717, 1.165) is 17.2 Å². The number of nitrogens with one attached hydrogen (secondary N) is 1. The fourth-order valence-electron chi connectivity index (χ4n) is 1.71. The van der Waals surface area contributed by atoms with Crippen molar-refractivity contribution in [1.82, 2.24) is 4.98 Å². The Morgan fingerprint density at radius 3 is 2.81 bits per heavy atom. The van der Waals surface area contributed by atoms with Crippen molar-refractivity contribution in [2.75, 3.05) is 7.11 Å². The van der Waals surface area contributed by atoms with Gasteiger partial charge >= 0.3 is 0 Å². The second-order valence-electron chi connectivity index (χ2n) is 3.48. The Morgan fingerprint density at radius 1 is 1.31 bits per heavy atom. The molecule has 0 aliphatic rings. The van der Waals surface area contributed by atoms with E-state index < -0.39 is 0 Å². The molecule has 0 aliphatic carbocycles. The number of aromatic amines is 1. The first-order valence-electron chi connectivity index (χ1n) is 4.85. The average Bonchev–Trinajstić information content (AvgIpc) is 2.30. The van der Waals surface area contributed by atoms with E-state index in [1.54, 1.807) is 25.3 Å². The molecule has 0 saturated carbocycles. The van der Waals surface area contributed by atoms with Crippen molar-refractivity contribution in [3.05, 3.63) is 45.7 Å². The van der Waals surface area contributed by atoms with Gasteiger partial charge in [0.15, 0.2) is 6.29 Å². The largest absolute Gasteiger partial charge is 0.380 e. The van der Waals surface area contributed by atoms with Crippen LogP contribution in [-0.4, -0.2) is 18.4 Å². The Morgan fingerprint density at radius 2 is 2.12 bits per heavy atom. The normalized spacial score (nSPS) is 10.6. The molecule has 82 valence electrons. The van der Waals surface area contributed by atoms with Gasteiger partial charge in [-0.3, -0.25) is 9.59 Å². The highest BCUT2D eigenvalue weighted by molar-refractivity contribution is 5.97. The standard InChI is InChI=1S/C12H11NO3/c1-16-7-9-3-2-8(6-14)10-4-5-11(15)13-12(9)10/h2-6H,7H2,1H3,(H,13,15). The van der Waals surface area contributed by atoms with Crippen LogP contribution in [0.1, 0.15) is 15.9 Å². The zero-order chi connectivity index (χ0) is 11.5. The topological polar surface area (TPSA) is 59.2 Å². The zero-order valence-corrected chi connectivity index (χ0v) is 8.82. The quantitative estimate of drug-likeness (QED) is 0.792. The molecule has 0 bridgehead atoms. The molecule has 0 unspecified atom stereocenters. The minimum atomic E-state index is -0.187. The van der Waals surface area contributed by atoms with Crippen LogP contribution in [0.25, 0.3) is 10.9 Å². The maximum absolute atomic E-state index is 11.3. The van der Waals surface area contributed by atoms with Crippen molar-refractivity contribution in [3.8, 4) is 0 Å². The van der Waals surface area contributed by atoms with E-state index in [-0.39, 0.29) is 5.56 Å². The van der Waals surface area contributed by atoms with E-state index in [0.29, 0.717) is 17.7 Å². The van der Waals surface area contributed by atoms with E-state index >= 15 is 0 Å². The second-order valence-corrected chi connectivity index (χ2v) is 3.48. The number of H-pyrrole nitrogens is 1. The van der Waals surface area contributed by atoms with Crippen molar-refractivity contribution in [3.63, 3.8) is 0 Å². The van der Waals surface area contributed by atoms with Gasteiger partial charge in [-0.15, -0.1) is 0 Å². The molecular formula is C12H11NO3. The van der Waals surface area contributed by atoms with Crippen LogP contribution >= 0.6 is 0 Å². The molecule has 4 heteroatoms. The third-order valence-corrected chi connectivity index (χ3v) is 2.44. The lowest BCUT2D eigenvalue weighted by Gasteiger charge is -2.06. The van der Waals surface area contributed by atoms with Crippen molar-refractivity contribution < 1.29 is 9.53 Å². The molecule has 0 aliphatic heterocycles. The Kier molecular flexibility index (Phi) is 2.83. The summed E-state index contributed by atoms with van der Waals surface area (Å²) in [6.07, 6.45) is 0.775. The van der Waals surface area contributed by atoms with Crippen LogP contribution in [0.2, 0.25) is 0 Å². The van der Waals surface area contributed by atoms with Crippen molar-refractivity contribution in [2.24, 2.45) is 0 Å². The van der Waals surface area contributed by atoms with Gasteiger partial charge in [0, 0.05) is 29.7 Å². The molecule has 0 saturated heterocycles. The van der Waals surface area contributed by atoms with Crippen LogP contribution < -0.4 is 5.56 Å². The van der Waals surface area contributed by atoms with Crippen molar-refractivity contribution in [1.29, 1.82) is 0 Å². The van der Waals surface area contributed by atoms with Gasteiger partial charge in [-0.1, -0.05) is 12.1 Å². The van der Waals surface area contributed by atoms with Gasteiger partial charge in [0.2, 0.25) is 5.56 Å². The molecule has 0 fully saturated rings. The maximum atomic E-state index is 11.3. The summed E-state index contributed by atoms with van der Waals surface area (Å²) in [5.74, 6) is 0. The number of fused-ring (bicyclic) bond motifs is 1. The molecule has 1 aromatic carbocycles. The SMILES string of the molecule is COCc1ccc(C=O)c2ccc(=O)[nH]c12. The highest BCUT2D eigenvalue weighted by Crippen LogP contribution is 2.19. The molecule has 1 aromatic heterocycles. The zero-order valence-electron chi connectivity index (χ0n) is 8.82. The minimum absolute atomic E-state index is 0.187. The first-order chi connectivity index (χ1) is 7.76. The third-order valence-electron chi connectivity index (χ3n) is 2.44. The van der Waals surface area contributed by atoms with Gasteiger partial charge in [-0.05, 0) is 6.07 Å². The lowest BCUT2D eigenvalue weighted by Crippen LogP contribution is -2.05. The van der Waals surface area contributed by atoms with E-state index in [1.165, 1.54) is 6.07 Å². The number of methoxy groups -OCH3 is 1. The number of carbonyl (C=O) groups is 1. The fourth-order valence-corrected chi connectivity index (χ4v) is 1.71. The molecule has 0 spiro atoms. The summed E-state index contributed by atoms with van der Waals surface area (Å²) >= 11 is 0. The summed E-state index contributed by atoms with van der Waals surface area (Å²) in [5.41, 5.74) is 1.90. The van der Waals surface area contributed by atoms with E-state index in [4.69, 9.17) is 4.74 Å². The molecular weight excluding hydrogens is 206 g/mol. The van der Waals surface area contributed by atoms with Crippen LogP contribution in [0.5, 0.6) is 0 Å². The van der Waals surface area contributed by atoms with Crippen molar-refractivity contribution in [2.45, 2.75) is 6.61 Å². The molecule has 0 atom stereocenters. The molecule has 1 heterocycles. The van der Waals surface area contributed by atoms with Crippen LogP contribution in [0.3, 0.4) is 0 Å². The number of hydrogen-bond donors (Lipinski definition) is 1. The van der Waals surface area contributed by atoms with Crippen molar-refractivity contribution >= 4 is 17.2 Å². The minimum Gasteiger partial charge on any atom is -0.380 e. The number of carbonyl (C=O) groups excluding carboxylic acids is 1. The van der Waals surface area contributed by atoms with Gasteiger partial charge in [-0.2, -0.15) is 0 Å². The Hall–Kier alpha value is -1.94. The van der Waals surface area contributed by atoms with Gasteiger partial charge in [0.1, 0.15) is 0 Å². The van der Waals surface area contributed by atoms with E-state index in [9.17, 15) is 9.59 Å². The Bertz CT molecular complexity index is 586. The number of aldehydes is 1. The number of aromatic nitrogens is 1. The highest BCUT2D eigenvalue weighted by Gasteiger charge is 2.06. The van der Waals surface area contributed by atoms with Crippen LogP contribution in [-0.2, 0) is 11.3 Å². The number of rotatable bonds is 3. The number of ether oxygens (including phenoxy) is 1. The molecule has 2 rings (SSSR count).